The number of nitriles is 2. The molecule has 0 fully saturated rings. The minimum Gasteiger partial charge on any atom is -0.309 e. The largest absolute Gasteiger partial charge is 0.309 e. The molecule has 0 aliphatic carbocycles. The molecule has 0 atom stereocenters. The summed E-state index contributed by atoms with van der Waals surface area (Å²) >= 11 is 0. The van der Waals surface area contributed by atoms with E-state index in [1.54, 1.807) is 0 Å². The first-order valence-electron chi connectivity index (χ1n) is 16.2. The second-order valence-corrected chi connectivity index (χ2v) is 12.4. The average molecular weight is 624 g/mol. The lowest BCUT2D eigenvalue weighted by Gasteiger charge is -2.12. The molecule has 0 aliphatic rings. The van der Waals surface area contributed by atoms with E-state index in [1.165, 1.54) is 0 Å². The summed E-state index contributed by atoms with van der Waals surface area (Å²) in [6.45, 7) is 0. The molecular weight excluding hydrogens is 599 g/mol. The Morgan fingerprint density at radius 1 is 0.388 bits per heavy atom. The van der Waals surface area contributed by atoms with Crippen LogP contribution in [0.5, 0.6) is 0 Å². The first kappa shape index (κ1) is 27.1. The third kappa shape index (κ3) is 3.67. The van der Waals surface area contributed by atoms with Gasteiger partial charge in [0.2, 0.25) is 0 Å². The number of hydrogen-bond acceptors (Lipinski definition) is 2. The third-order valence-electron chi connectivity index (χ3n) is 9.87. The highest BCUT2D eigenvalue weighted by Crippen LogP contribution is 2.46. The maximum Gasteiger partial charge on any atom is 0.101 e. The van der Waals surface area contributed by atoms with Gasteiger partial charge in [0.25, 0.3) is 0 Å². The van der Waals surface area contributed by atoms with Crippen molar-refractivity contribution in [3.63, 3.8) is 0 Å². The van der Waals surface area contributed by atoms with E-state index in [0.29, 0.717) is 11.1 Å². The van der Waals surface area contributed by atoms with Crippen LogP contribution in [0.2, 0.25) is 0 Å². The van der Waals surface area contributed by atoms with Crippen LogP contribution in [0.4, 0.5) is 0 Å². The van der Waals surface area contributed by atoms with Crippen LogP contribution in [0.25, 0.3) is 82.5 Å². The molecule has 3 aromatic heterocycles. The van der Waals surface area contributed by atoms with Crippen molar-refractivity contribution in [2.45, 2.75) is 0 Å². The van der Waals surface area contributed by atoms with E-state index in [-0.39, 0.29) is 0 Å². The van der Waals surface area contributed by atoms with Crippen LogP contribution in [-0.2, 0) is 0 Å². The van der Waals surface area contributed by atoms with Gasteiger partial charge >= 0.3 is 0 Å². The standard InChI is InChI=1S/C44H25N5/c45-26-28-11-10-15-31(25-28)48-38-20-9-6-17-35(38)42-40(48)24-22-33-32-21-23-39-41(43(32)49(44(33)42)36-18-7-4-12-29(36)27-46)34-16-5-8-19-37(34)47(39)30-13-2-1-3-14-30/h1-25H. The van der Waals surface area contributed by atoms with Gasteiger partial charge in [-0.1, -0.05) is 84.9 Å². The summed E-state index contributed by atoms with van der Waals surface area (Å²) in [5.41, 5.74) is 10.5. The number of hydrogen-bond donors (Lipinski definition) is 0. The topological polar surface area (TPSA) is 62.4 Å². The smallest absolute Gasteiger partial charge is 0.101 e. The van der Waals surface area contributed by atoms with Gasteiger partial charge in [0.15, 0.2) is 0 Å². The number of nitrogens with zero attached hydrogens (tertiary/aromatic N) is 5. The fraction of sp³-hybridized carbons (Fsp3) is 0. The molecule has 0 aliphatic heterocycles. The molecule has 0 spiro atoms. The zero-order valence-corrected chi connectivity index (χ0v) is 26.2. The monoisotopic (exact) mass is 623 g/mol. The average Bonchev–Trinajstić information content (AvgIpc) is 3.80. The molecule has 226 valence electrons. The van der Waals surface area contributed by atoms with Gasteiger partial charge in [0, 0.05) is 43.7 Å². The number of rotatable bonds is 3. The van der Waals surface area contributed by atoms with Crippen molar-refractivity contribution < 1.29 is 0 Å². The van der Waals surface area contributed by atoms with Crippen molar-refractivity contribution in [3.05, 3.63) is 163 Å². The van der Waals surface area contributed by atoms with Crippen molar-refractivity contribution in [2.75, 3.05) is 0 Å². The molecule has 0 unspecified atom stereocenters. The highest BCUT2D eigenvalue weighted by Gasteiger charge is 2.25. The van der Waals surface area contributed by atoms with Crippen LogP contribution >= 0.6 is 0 Å². The zero-order valence-electron chi connectivity index (χ0n) is 26.2. The van der Waals surface area contributed by atoms with Crippen LogP contribution in [0.1, 0.15) is 11.1 Å². The zero-order chi connectivity index (χ0) is 32.6. The van der Waals surface area contributed by atoms with E-state index in [4.69, 9.17) is 0 Å². The van der Waals surface area contributed by atoms with E-state index < -0.39 is 0 Å². The summed E-state index contributed by atoms with van der Waals surface area (Å²) < 4.78 is 6.92. The molecule has 0 bridgehead atoms. The molecular formula is C44H25N5. The highest BCUT2D eigenvalue weighted by molar-refractivity contribution is 6.31. The lowest BCUT2D eigenvalue weighted by molar-refractivity contribution is 1.17. The second-order valence-electron chi connectivity index (χ2n) is 12.4. The van der Waals surface area contributed by atoms with E-state index in [1.807, 2.05) is 42.5 Å². The molecule has 0 amide bonds. The number of aromatic nitrogens is 3. The van der Waals surface area contributed by atoms with Gasteiger partial charge in [0.05, 0.1) is 56.0 Å². The minimum absolute atomic E-state index is 0.604. The maximum atomic E-state index is 10.5. The molecule has 0 saturated heterocycles. The predicted octanol–water partition coefficient (Wildman–Crippen LogP) is 10.7. The molecule has 5 nitrogen and oxygen atoms in total. The van der Waals surface area contributed by atoms with Gasteiger partial charge in [-0.3, -0.25) is 0 Å². The summed E-state index contributed by atoms with van der Waals surface area (Å²) in [6, 6.07) is 56.9. The second kappa shape index (κ2) is 10.2. The summed E-state index contributed by atoms with van der Waals surface area (Å²) in [7, 11) is 0. The van der Waals surface area contributed by atoms with Crippen LogP contribution in [0, 0.1) is 22.7 Å². The van der Waals surface area contributed by atoms with Gasteiger partial charge < -0.3 is 13.7 Å². The van der Waals surface area contributed by atoms with Crippen LogP contribution in [0.15, 0.2) is 152 Å². The first-order valence-corrected chi connectivity index (χ1v) is 16.2. The van der Waals surface area contributed by atoms with E-state index in [9.17, 15) is 10.5 Å². The van der Waals surface area contributed by atoms with E-state index in [2.05, 4.69) is 135 Å². The van der Waals surface area contributed by atoms with Gasteiger partial charge in [-0.15, -0.1) is 0 Å². The minimum atomic E-state index is 0.604. The molecule has 5 heteroatoms. The summed E-state index contributed by atoms with van der Waals surface area (Å²) in [6.07, 6.45) is 0. The molecule has 0 radical (unpaired) electrons. The summed E-state index contributed by atoms with van der Waals surface area (Å²) in [5, 5.41) is 27.0. The Morgan fingerprint density at radius 2 is 0.939 bits per heavy atom. The first-order chi connectivity index (χ1) is 24.3. The van der Waals surface area contributed by atoms with Crippen molar-refractivity contribution in [2.24, 2.45) is 0 Å². The Bertz CT molecular complexity index is 3070. The van der Waals surface area contributed by atoms with Crippen molar-refractivity contribution in [1.29, 1.82) is 10.5 Å². The fourth-order valence-electron chi connectivity index (χ4n) is 7.95. The normalized spacial score (nSPS) is 11.6. The van der Waals surface area contributed by atoms with Crippen molar-refractivity contribution >= 4 is 65.4 Å². The quantitative estimate of drug-likeness (QED) is 0.197. The number of benzene rings is 7. The number of fused-ring (bicyclic) bond motifs is 11. The van der Waals surface area contributed by atoms with Crippen LogP contribution in [-0.4, -0.2) is 13.7 Å². The van der Waals surface area contributed by atoms with Gasteiger partial charge in [-0.05, 0) is 66.7 Å². The molecule has 7 aromatic carbocycles. The fourth-order valence-corrected chi connectivity index (χ4v) is 7.95. The van der Waals surface area contributed by atoms with E-state index >= 15 is 0 Å². The third-order valence-corrected chi connectivity index (χ3v) is 9.87. The SMILES string of the molecule is N#Cc1cccc(-n2c3ccccc3c3c2ccc2c4ccc5c(c6ccccc6n5-c5ccccc5)c4n(-c4ccccc4C#N)c23)c1. The van der Waals surface area contributed by atoms with Crippen LogP contribution in [0.3, 0.4) is 0 Å². The molecule has 0 saturated carbocycles. The Kier molecular flexibility index (Phi) is 5.64. The van der Waals surface area contributed by atoms with Crippen molar-refractivity contribution in [1.82, 2.24) is 13.7 Å². The van der Waals surface area contributed by atoms with Crippen molar-refractivity contribution in [3.8, 4) is 29.2 Å². The Morgan fingerprint density at radius 3 is 1.57 bits per heavy atom. The van der Waals surface area contributed by atoms with Gasteiger partial charge in [-0.2, -0.15) is 10.5 Å². The Hall–Kier alpha value is -7.08. The molecule has 49 heavy (non-hydrogen) atoms. The van der Waals surface area contributed by atoms with Gasteiger partial charge in [0.1, 0.15) is 6.07 Å². The molecule has 3 heterocycles. The molecule has 0 N–H and O–H groups in total. The van der Waals surface area contributed by atoms with Gasteiger partial charge in [-0.25, -0.2) is 0 Å². The molecule has 10 rings (SSSR count). The summed E-state index contributed by atoms with van der Waals surface area (Å²) in [5.74, 6) is 0. The number of para-hydroxylation sites is 4. The van der Waals surface area contributed by atoms with Crippen LogP contribution < -0.4 is 0 Å². The molecule has 10 aromatic rings. The lowest BCUT2D eigenvalue weighted by Crippen LogP contribution is -1.99. The Labute approximate surface area is 280 Å². The lowest BCUT2D eigenvalue weighted by atomic mass is 10.1. The summed E-state index contributed by atoms with van der Waals surface area (Å²) in [4.78, 5) is 0. The highest BCUT2D eigenvalue weighted by atomic mass is 15.0. The maximum absolute atomic E-state index is 10.5. The Balaban J connectivity index is 1.48. The predicted molar refractivity (Wildman–Crippen MR) is 199 cm³/mol. The van der Waals surface area contributed by atoms with E-state index in [0.717, 1.165) is 82.5 Å².